The molecule has 1 atom stereocenters. The fourth-order valence-electron chi connectivity index (χ4n) is 2.47. The molecule has 1 aromatic carbocycles. The summed E-state index contributed by atoms with van der Waals surface area (Å²) in [5.74, 6) is 1.34. The number of allylic oxidation sites excluding steroid dienone is 2. The van der Waals surface area contributed by atoms with E-state index in [1.54, 1.807) is 12.1 Å². The third kappa shape index (κ3) is 3.68. The molecule has 0 saturated carbocycles. The van der Waals surface area contributed by atoms with Crippen LogP contribution in [0.4, 0.5) is 5.69 Å². The second kappa shape index (κ2) is 7.02. The van der Waals surface area contributed by atoms with Crippen LogP contribution in [0.1, 0.15) is 29.6 Å². The van der Waals surface area contributed by atoms with Gasteiger partial charge in [0, 0.05) is 18.3 Å². The molecule has 21 heavy (non-hydrogen) atoms. The summed E-state index contributed by atoms with van der Waals surface area (Å²) >= 11 is 0. The fraction of sp³-hybridized carbons (Fsp3) is 0.438. The van der Waals surface area contributed by atoms with Gasteiger partial charge >= 0.3 is 0 Å². The van der Waals surface area contributed by atoms with Crippen molar-refractivity contribution in [1.29, 1.82) is 0 Å². The number of nitrogen functional groups attached to an aromatic ring is 1. The minimum Gasteiger partial charge on any atom is -0.493 e. The Bertz CT molecular complexity index is 541. The first kappa shape index (κ1) is 15.2. The van der Waals surface area contributed by atoms with Gasteiger partial charge in [0.05, 0.1) is 19.8 Å². The zero-order chi connectivity index (χ0) is 15.2. The molecule has 5 nitrogen and oxygen atoms in total. The van der Waals surface area contributed by atoms with Gasteiger partial charge in [-0.2, -0.15) is 0 Å². The number of carbonyl (C=O) groups is 1. The first-order valence-corrected chi connectivity index (χ1v) is 7.10. The normalized spacial score (nSPS) is 17.3. The quantitative estimate of drug-likeness (QED) is 0.645. The van der Waals surface area contributed by atoms with Crippen LogP contribution in [0.5, 0.6) is 11.5 Å². The summed E-state index contributed by atoms with van der Waals surface area (Å²) in [6.45, 7) is 0.664. The van der Waals surface area contributed by atoms with Crippen molar-refractivity contribution in [2.45, 2.75) is 19.3 Å². The molecule has 0 spiro atoms. The Morgan fingerprint density at radius 1 is 1.29 bits per heavy atom. The van der Waals surface area contributed by atoms with Crippen LogP contribution in [0.2, 0.25) is 0 Å². The molecule has 0 bridgehead atoms. The second-order valence-electron chi connectivity index (χ2n) is 5.15. The summed E-state index contributed by atoms with van der Waals surface area (Å²) in [6.07, 6.45) is 7.56. The fourth-order valence-corrected chi connectivity index (χ4v) is 2.47. The SMILES string of the molecule is COc1cc(N)c(C(=O)NCC2CC=CCC2)cc1OC. The molecule has 0 aromatic heterocycles. The van der Waals surface area contributed by atoms with Crippen molar-refractivity contribution in [2.24, 2.45) is 5.92 Å². The van der Waals surface area contributed by atoms with Crippen molar-refractivity contribution in [3.05, 3.63) is 29.8 Å². The van der Waals surface area contributed by atoms with E-state index in [1.807, 2.05) is 0 Å². The van der Waals surface area contributed by atoms with E-state index in [2.05, 4.69) is 17.5 Å². The lowest BCUT2D eigenvalue weighted by Gasteiger charge is -2.18. The number of nitrogens with one attached hydrogen (secondary N) is 1. The first-order chi connectivity index (χ1) is 10.2. The van der Waals surface area contributed by atoms with E-state index >= 15 is 0 Å². The van der Waals surface area contributed by atoms with Gasteiger partial charge < -0.3 is 20.5 Å². The van der Waals surface area contributed by atoms with Crippen LogP contribution in [-0.2, 0) is 0 Å². The zero-order valence-electron chi connectivity index (χ0n) is 12.5. The summed E-state index contributed by atoms with van der Waals surface area (Å²) in [4.78, 5) is 12.3. The van der Waals surface area contributed by atoms with Crippen LogP contribution >= 0.6 is 0 Å². The number of rotatable bonds is 5. The molecule has 114 valence electrons. The van der Waals surface area contributed by atoms with Gasteiger partial charge in [-0.3, -0.25) is 4.79 Å². The number of hydrogen-bond donors (Lipinski definition) is 2. The van der Waals surface area contributed by atoms with Crippen molar-refractivity contribution in [3.8, 4) is 11.5 Å². The maximum absolute atomic E-state index is 12.3. The van der Waals surface area contributed by atoms with E-state index in [1.165, 1.54) is 14.2 Å². The highest BCUT2D eigenvalue weighted by molar-refractivity contribution is 6.00. The Balaban J connectivity index is 2.06. The Morgan fingerprint density at radius 3 is 2.62 bits per heavy atom. The molecular formula is C16H22N2O3. The van der Waals surface area contributed by atoms with Crippen LogP contribution < -0.4 is 20.5 Å². The molecule has 3 N–H and O–H groups in total. The average Bonchev–Trinajstić information content (AvgIpc) is 2.53. The Hall–Kier alpha value is -2.17. The number of methoxy groups -OCH3 is 2. The van der Waals surface area contributed by atoms with Crippen molar-refractivity contribution < 1.29 is 14.3 Å². The lowest BCUT2D eigenvalue weighted by Crippen LogP contribution is -2.30. The van der Waals surface area contributed by atoms with Crippen molar-refractivity contribution in [3.63, 3.8) is 0 Å². The summed E-state index contributed by atoms with van der Waals surface area (Å²) in [6, 6.07) is 3.22. The molecule has 1 aromatic rings. The lowest BCUT2D eigenvalue weighted by atomic mass is 9.94. The third-order valence-electron chi connectivity index (χ3n) is 3.73. The number of anilines is 1. The molecule has 5 heteroatoms. The topological polar surface area (TPSA) is 73.6 Å². The lowest BCUT2D eigenvalue weighted by molar-refractivity contribution is 0.0946. The van der Waals surface area contributed by atoms with Gasteiger partial charge in [-0.1, -0.05) is 12.2 Å². The van der Waals surface area contributed by atoms with Crippen molar-refractivity contribution >= 4 is 11.6 Å². The minimum absolute atomic E-state index is 0.178. The van der Waals surface area contributed by atoms with E-state index < -0.39 is 0 Å². The van der Waals surface area contributed by atoms with E-state index in [0.717, 1.165) is 19.3 Å². The molecule has 1 aliphatic rings. The number of benzene rings is 1. The van der Waals surface area contributed by atoms with Gasteiger partial charge in [-0.25, -0.2) is 0 Å². The Labute approximate surface area is 125 Å². The molecule has 0 aliphatic heterocycles. The molecular weight excluding hydrogens is 268 g/mol. The number of nitrogens with two attached hydrogens (primary N) is 1. The van der Waals surface area contributed by atoms with E-state index in [4.69, 9.17) is 15.2 Å². The smallest absolute Gasteiger partial charge is 0.253 e. The maximum atomic E-state index is 12.3. The predicted molar refractivity (Wildman–Crippen MR) is 82.8 cm³/mol. The van der Waals surface area contributed by atoms with Crippen LogP contribution in [0, 0.1) is 5.92 Å². The second-order valence-corrected chi connectivity index (χ2v) is 5.15. The van der Waals surface area contributed by atoms with E-state index in [9.17, 15) is 4.79 Å². The molecule has 0 heterocycles. The van der Waals surface area contributed by atoms with Crippen LogP contribution in [0.15, 0.2) is 24.3 Å². The van der Waals surface area contributed by atoms with Crippen molar-refractivity contribution in [2.75, 3.05) is 26.5 Å². The Morgan fingerprint density at radius 2 is 2.00 bits per heavy atom. The van der Waals surface area contributed by atoms with E-state index in [-0.39, 0.29) is 5.91 Å². The largest absolute Gasteiger partial charge is 0.493 e. The summed E-state index contributed by atoms with van der Waals surface area (Å²) in [5, 5.41) is 2.95. The number of amides is 1. The molecule has 0 fully saturated rings. The third-order valence-corrected chi connectivity index (χ3v) is 3.73. The zero-order valence-corrected chi connectivity index (χ0v) is 12.5. The van der Waals surface area contributed by atoms with Gasteiger partial charge in [-0.05, 0) is 31.2 Å². The van der Waals surface area contributed by atoms with E-state index in [0.29, 0.717) is 35.2 Å². The molecule has 0 radical (unpaired) electrons. The van der Waals surface area contributed by atoms with Gasteiger partial charge in [0.15, 0.2) is 11.5 Å². The first-order valence-electron chi connectivity index (χ1n) is 7.10. The van der Waals surface area contributed by atoms with Gasteiger partial charge in [0.2, 0.25) is 0 Å². The highest BCUT2D eigenvalue weighted by Crippen LogP contribution is 2.31. The maximum Gasteiger partial charge on any atom is 0.253 e. The molecule has 1 unspecified atom stereocenters. The minimum atomic E-state index is -0.178. The number of ether oxygens (including phenoxy) is 2. The summed E-state index contributed by atoms with van der Waals surface area (Å²) < 4.78 is 10.4. The number of carbonyl (C=O) groups excluding carboxylic acids is 1. The molecule has 2 rings (SSSR count). The van der Waals surface area contributed by atoms with Crippen LogP contribution in [-0.4, -0.2) is 26.7 Å². The number of hydrogen-bond acceptors (Lipinski definition) is 4. The summed E-state index contributed by atoms with van der Waals surface area (Å²) in [7, 11) is 3.07. The van der Waals surface area contributed by atoms with Gasteiger partial charge in [0.1, 0.15) is 0 Å². The van der Waals surface area contributed by atoms with Crippen LogP contribution in [0.3, 0.4) is 0 Å². The standard InChI is InChI=1S/C16H22N2O3/c1-20-14-8-12(13(17)9-15(14)21-2)16(19)18-10-11-6-4-3-5-7-11/h3-4,8-9,11H,5-7,10,17H2,1-2H3,(H,18,19). The van der Waals surface area contributed by atoms with Crippen molar-refractivity contribution in [1.82, 2.24) is 5.32 Å². The van der Waals surface area contributed by atoms with Gasteiger partial charge in [-0.15, -0.1) is 0 Å². The summed E-state index contributed by atoms with van der Waals surface area (Å²) in [5.41, 5.74) is 6.72. The highest BCUT2D eigenvalue weighted by atomic mass is 16.5. The van der Waals surface area contributed by atoms with Crippen LogP contribution in [0.25, 0.3) is 0 Å². The molecule has 1 aliphatic carbocycles. The highest BCUT2D eigenvalue weighted by Gasteiger charge is 2.17. The average molecular weight is 290 g/mol. The monoisotopic (exact) mass is 290 g/mol. The molecule has 0 saturated heterocycles. The predicted octanol–water partition coefficient (Wildman–Crippen LogP) is 2.37. The molecule has 1 amide bonds. The van der Waals surface area contributed by atoms with Gasteiger partial charge in [0.25, 0.3) is 5.91 Å². The Kier molecular flexibility index (Phi) is 5.09.